The van der Waals surface area contributed by atoms with Gasteiger partial charge < -0.3 is 9.47 Å². The maximum Gasteiger partial charge on any atom is 0.262 e. The third-order valence-corrected chi connectivity index (χ3v) is 9.90. The summed E-state index contributed by atoms with van der Waals surface area (Å²) in [6.45, 7) is 2.68. The molecule has 6 rings (SSSR count). The van der Waals surface area contributed by atoms with Crippen LogP contribution in [0.4, 0.5) is 11.4 Å². The van der Waals surface area contributed by atoms with Crippen LogP contribution in [0.25, 0.3) is 0 Å². The molecule has 4 aromatic rings. The van der Waals surface area contributed by atoms with E-state index in [0.29, 0.717) is 44.8 Å². The van der Waals surface area contributed by atoms with Crippen LogP contribution in [0.2, 0.25) is 0 Å². The molecule has 0 saturated carbocycles. The van der Waals surface area contributed by atoms with Crippen LogP contribution >= 0.6 is 21.6 Å². The normalized spacial score (nSPS) is 14.1. The number of rotatable bonds is 10. The molecule has 0 bridgehead atoms. The molecule has 0 unspecified atom stereocenters. The molecular weight excluding hydrogens is 705 g/mol. The van der Waals surface area contributed by atoms with Crippen LogP contribution < -0.4 is 0 Å². The quantitative estimate of drug-likeness (QED) is 0.0561. The molecule has 0 radical (unpaired) electrons. The number of ketones is 2. The van der Waals surface area contributed by atoms with E-state index in [-0.39, 0.29) is 48.3 Å². The highest BCUT2D eigenvalue weighted by Gasteiger charge is 2.36. The molecule has 0 aliphatic carbocycles. The highest BCUT2D eigenvalue weighted by Crippen LogP contribution is 2.31. The SMILES string of the molecule is CC(=O)c1ccc(N=C(OCCN2C(=O)c3ccccc3C2=O)SSC(=Nc2ccc(C(C)=O)cc2)OCCN2C(=O)c3ccccc3C2=O)cc1. The summed E-state index contributed by atoms with van der Waals surface area (Å²) in [6.07, 6.45) is 0. The zero-order valence-corrected chi connectivity index (χ0v) is 29.6. The number of carbonyl (C=O) groups is 6. The summed E-state index contributed by atoms with van der Waals surface area (Å²) >= 11 is 0. The molecule has 0 aromatic heterocycles. The maximum atomic E-state index is 12.9. The number of Topliss-reactive ketones (excluding diaryl/α,β-unsaturated/α-hetero) is 2. The van der Waals surface area contributed by atoms with Crippen LogP contribution in [0, 0.1) is 0 Å². The molecule has 0 saturated heterocycles. The molecule has 262 valence electrons. The smallest absolute Gasteiger partial charge is 0.262 e. The van der Waals surface area contributed by atoms with Gasteiger partial charge in [0, 0.05) is 32.7 Å². The van der Waals surface area contributed by atoms with Crippen molar-refractivity contribution in [3.05, 3.63) is 130 Å². The van der Waals surface area contributed by atoms with E-state index < -0.39 is 23.6 Å². The highest BCUT2D eigenvalue weighted by atomic mass is 33.1. The predicted molar refractivity (Wildman–Crippen MR) is 198 cm³/mol. The molecular formula is C38H30N4O8S2. The Labute approximate surface area is 306 Å². The molecule has 0 fully saturated rings. The first kappa shape index (κ1) is 35.9. The van der Waals surface area contributed by atoms with Crippen LogP contribution in [0.15, 0.2) is 107 Å². The minimum Gasteiger partial charge on any atom is -0.470 e. The molecule has 4 aromatic carbocycles. The first-order valence-electron chi connectivity index (χ1n) is 16.0. The fourth-order valence-electron chi connectivity index (χ4n) is 5.31. The van der Waals surface area contributed by atoms with Gasteiger partial charge in [-0.25, -0.2) is 9.98 Å². The summed E-state index contributed by atoms with van der Waals surface area (Å²) in [7, 11) is 2.08. The summed E-state index contributed by atoms with van der Waals surface area (Å²) in [5, 5.41) is 0.251. The Balaban J connectivity index is 1.19. The Kier molecular flexibility index (Phi) is 11.1. The lowest BCUT2D eigenvalue weighted by Gasteiger charge is -2.16. The van der Waals surface area contributed by atoms with Gasteiger partial charge in [0.1, 0.15) is 13.2 Å². The first-order chi connectivity index (χ1) is 25.1. The number of nitrogens with zero attached hydrogens (tertiary/aromatic N) is 4. The molecule has 14 heteroatoms. The summed E-state index contributed by atoms with van der Waals surface area (Å²) in [5.41, 5.74) is 3.26. The number of carbonyl (C=O) groups excluding carboxylic acids is 6. The Morgan fingerprint density at radius 2 is 0.827 bits per heavy atom. The van der Waals surface area contributed by atoms with Gasteiger partial charge in [-0.05, 0) is 86.6 Å². The van der Waals surface area contributed by atoms with Gasteiger partial charge in [-0.2, -0.15) is 0 Å². The lowest BCUT2D eigenvalue weighted by molar-refractivity contribution is 0.0615. The van der Waals surface area contributed by atoms with Crippen LogP contribution in [0.3, 0.4) is 0 Å². The second kappa shape index (κ2) is 16.0. The minimum atomic E-state index is -0.416. The average Bonchev–Trinajstić information content (AvgIpc) is 3.54. The topological polar surface area (TPSA) is 152 Å². The third-order valence-electron chi connectivity index (χ3n) is 8.01. The number of fused-ring (bicyclic) bond motifs is 2. The van der Waals surface area contributed by atoms with Gasteiger partial charge in [-0.15, -0.1) is 0 Å². The highest BCUT2D eigenvalue weighted by molar-refractivity contribution is 8.87. The van der Waals surface area contributed by atoms with Crippen molar-refractivity contribution in [2.24, 2.45) is 9.98 Å². The van der Waals surface area contributed by atoms with E-state index in [9.17, 15) is 28.8 Å². The molecule has 52 heavy (non-hydrogen) atoms. The van der Waals surface area contributed by atoms with Gasteiger partial charge in [0.15, 0.2) is 11.6 Å². The van der Waals surface area contributed by atoms with Crippen molar-refractivity contribution < 1.29 is 38.2 Å². The zero-order chi connectivity index (χ0) is 36.8. The predicted octanol–water partition coefficient (Wildman–Crippen LogP) is 6.77. The molecule has 0 N–H and O–H groups in total. The van der Waals surface area contributed by atoms with E-state index in [4.69, 9.17) is 9.47 Å². The maximum absolute atomic E-state index is 12.9. The zero-order valence-electron chi connectivity index (χ0n) is 27.9. The lowest BCUT2D eigenvalue weighted by Crippen LogP contribution is -2.33. The van der Waals surface area contributed by atoms with E-state index in [1.54, 1.807) is 97.1 Å². The Morgan fingerprint density at radius 1 is 0.519 bits per heavy atom. The van der Waals surface area contributed by atoms with Crippen molar-refractivity contribution >= 4 is 78.6 Å². The van der Waals surface area contributed by atoms with Gasteiger partial charge in [-0.1, -0.05) is 24.3 Å². The standard InChI is InChI=1S/C38H30N4O8S2/c1-23(43)25-11-15-27(16-12-25)39-37(49-21-19-41-33(45)29-7-3-4-8-30(29)34(41)46)51-52-38(40-28-17-13-26(14-18-28)24(2)44)50-22-20-42-35(47)31-9-5-6-10-32(31)36(42)48/h3-18H,19-22H2,1-2H3. The monoisotopic (exact) mass is 734 g/mol. The number of ether oxygens (including phenoxy) is 2. The Hall–Kier alpha value is -5.86. The Morgan fingerprint density at radius 3 is 1.12 bits per heavy atom. The Bertz CT molecular complexity index is 1930. The van der Waals surface area contributed by atoms with E-state index in [2.05, 4.69) is 9.98 Å². The molecule has 2 aliphatic heterocycles. The van der Waals surface area contributed by atoms with Crippen molar-refractivity contribution in [1.29, 1.82) is 0 Å². The van der Waals surface area contributed by atoms with Crippen LogP contribution in [0.5, 0.6) is 0 Å². The number of imide groups is 2. The molecule has 0 spiro atoms. The molecule has 12 nitrogen and oxygen atoms in total. The summed E-state index contributed by atoms with van der Waals surface area (Å²) in [6, 6.07) is 26.3. The van der Waals surface area contributed by atoms with Gasteiger partial charge >= 0.3 is 0 Å². The van der Waals surface area contributed by atoms with Gasteiger partial charge in [0.05, 0.1) is 46.7 Å². The van der Waals surface area contributed by atoms with E-state index >= 15 is 0 Å². The van der Waals surface area contributed by atoms with E-state index in [1.165, 1.54) is 13.8 Å². The van der Waals surface area contributed by atoms with E-state index in [1.807, 2.05) is 0 Å². The summed E-state index contributed by atoms with van der Waals surface area (Å²) < 4.78 is 12.0. The number of amides is 4. The fourth-order valence-corrected chi connectivity index (χ4v) is 6.94. The van der Waals surface area contributed by atoms with Crippen molar-refractivity contribution in [2.75, 3.05) is 26.3 Å². The number of benzene rings is 4. The largest absolute Gasteiger partial charge is 0.470 e. The van der Waals surface area contributed by atoms with E-state index in [0.717, 1.165) is 31.4 Å². The van der Waals surface area contributed by atoms with Crippen molar-refractivity contribution in [3.63, 3.8) is 0 Å². The van der Waals surface area contributed by atoms with Crippen LogP contribution in [-0.4, -0.2) is 81.8 Å². The molecule has 2 aliphatic rings. The summed E-state index contributed by atoms with van der Waals surface area (Å²) in [4.78, 5) is 86.6. The molecule has 2 heterocycles. The number of aliphatic imine (C=N–C) groups is 2. The number of hydrogen-bond acceptors (Lipinski definition) is 12. The van der Waals surface area contributed by atoms with Gasteiger partial charge in [0.2, 0.25) is 0 Å². The summed E-state index contributed by atoms with van der Waals surface area (Å²) in [5.74, 6) is -1.87. The second-order valence-corrected chi connectivity index (χ2v) is 13.5. The van der Waals surface area contributed by atoms with Gasteiger partial charge in [-0.3, -0.25) is 38.6 Å². The third kappa shape index (κ3) is 8.03. The molecule has 4 amide bonds. The first-order valence-corrected chi connectivity index (χ1v) is 18.2. The fraction of sp³-hybridized carbons (Fsp3) is 0.158. The van der Waals surface area contributed by atoms with Crippen LogP contribution in [0.1, 0.15) is 76.0 Å². The van der Waals surface area contributed by atoms with Crippen LogP contribution in [-0.2, 0) is 9.47 Å². The van der Waals surface area contributed by atoms with Crippen molar-refractivity contribution in [2.45, 2.75) is 13.8 Å². The van der Waals surface area contributed by atoms with Crippen molar-refractivity contribution in [1.82, 2.24) is 9.80 Å². The average molecular weight is 735 g/mol. The van der Waals surface area contributed by atoms with Gasteiger partial charge in [0.25, 0.3) is 34.1 Å². The lowest BCUT2D eigenvalue weighted by atomic mass is 10.1. The minimum absolute atomic E-state index is 0.0416. The molecule has 0 atom stereocenters. The number of hydrogen-bond donors (Lipinski definition) is 0. The van der Waals surface area contributed by atoms with Crippen molar-refractivity contribution in [3.8, 4) is 0 Å². The second-order valence-electron chi connectivity index (χ2n) is 11.4.